The molecule has 160 valence electrons. The summed E-state index contributed by atoms with van der Waals surface area (Å²) < 4.78 is 18.3. The number of guanidine groups is 1. The molecular weight excluding hydrogens is 475 g/mol. The van der Waals surface area contributed by atoms with Crippen LogP contribution in [0.3, 0.4) is 0 Å². The average molecular weight is 508 g/mol. The van der Waals surface area contributed by atoms with E-state index in [1.165, 1.54) is 0 Å². The van der Waals surface area contributed by atoms with Crippen LogP contribution in [0.1, 0.15) is 37.3 Å². The molecule has 3 heterocycles. The van der Waals surface area contributed by atoms with Gasteiger partial charge in [0.05, 0.1) is 19.3 Å². The summed E-state index contributed by atoms with van der Waals surface area (Å²) in [4.78, 5) is 8.83. The first kappa shape index (κ1) is 23.3. The minimum atomic E-state index is 0. The van der Waals surface area contributed by atoms with Gasteiger partial charge in [0, 0.05) is 46.4 Å². The third-order valence-corrected chi connectivity index (χ3v) is 4.83. The lowest BCUT2D eigenvalue weighted by atomic mass is 10.1. The minimum Gasteiger partial charge on any atom is -0.379 e. The lowest BCUT2D eigenvalue weighted by Gasteiger charge is -2.25. The van der Waals surface area contributed by atoms with Crippen LogP contribution in [0.4, 0.5) is 0 Å². The predicted molar refractivity (Wildman–Crippen MR) is 117 cm³/mol. The molecule has 1 saturated heterocycles. The number of ether oxygens (including phenoxy) is 3. The number of fused-ring (bicyclic) bond motifs is 1. The van der Waals surface area contributed by atoms with E-state index in [1.54, 1.807) is 14.2 Å². The fraction of sp³-hybridized carbons (Fsp3) is 0.833. The van der Waals surface area contributed by atoms with Gasteiger partial charge in [0.2, 0.25) is 0 Å². The molecule has 2 aliphatic rings. The van der Waals surface area contributed by atoms with Gasteiger partial charge in [0.15, 0.2) is 11.8 Å². The summed E-state index contributed by atoms with van der Waals surface area (Å²) in [5.41, 5.74) is 0. The van der Waals surface area contributed by atoms with Gasteiger partial charge < -0.3 is 24.8 Å². The molecule has 28 heavy (non-hydrogen) atoms. The second kappa shape index (κ2) is 12.6. The second-order valence-electron chi connectivity index (χ2n) is 7.00. The van der Waals surface area contributed by atoms with E-state index in [1.807, 2.05) is 4.68 Å². The Morgan fingerprint density at radius 3 is 3.04 bits per heavy atom. The molecule has 0 radical (unpaired) electrons. The maximum Gasteiger partial charge on any atom is 0.191 e. The van der Waals surface area contributed by atoms with Crippen molar-refractivity contribution in [2.45, 2.75) is 57.4 Å². The highest BCUT2D eigenvalue weighted by molar-refractivity contribution is 14.0. The summed E-state index contributed by atoms with van der Waals surface area (Å²) in [5, 5.41) is 11.3. The van der Waals surface area contributed by atoms with Crippen LogP contribution >= 0.6 is 24.0 Å². The van der Waals surface area contributed by atoms with E-state index in [0.29, 0.717) is 19.3 Å². The van der Waals surface area contributed by atoms with E-state index in [2.05, 4.69) is 25.7 Å². The van der Waals surface area contributed by atoms with Crippen molar-refractivity contribution in [1.29, 1.82) is 0 Å². The number of aromatic nitrogens is 3. The van der Waals surface area contributed by atoms with Crippen molar-refractivity contribution < 1.29 is 14.2 Å². The zero-order valence-electron chi connectivity index (χ0n) is 16.9. The first-order chi connectivity index (χ1) is 13.3. The van der Waals surface area contributed by atoms with Gasteiger partial charge in [-0.2, -0.15) is 5.10 Å². The molecule has 1 fully saturated rings. The van der Waals surface area contributed by atoms with E-state index in [9.17, 15) is 0 Å². The van der Waals surface area contributed by atoms with Crippen molar-refractivity contribution in [2.75, 3.05) is 40.5 Å². The van der Waals surface area contributed by atoms with Crippen molar-refractivity contribution in [3.63, 3.8) is 0 Å². The fourth-order valence-electron chi connectivity index (χ4n) is 3.43. The lowest BCUT2D eigenvalue weighted by molar-refractivity contribution is 0.0168. The molecule has 9 nitrogen and oxygen atoms in total. The first-order valence-electron chi connectivity index (χ1n) is 9.86. The SMILES string of the molecule is CN=C(NCCCOCC1CCCO1)NC1CCc2nc(COC)nn2C1.I. The molecule has 2 N–H and O–H groups in total. The van der Waals surface area contributed by atoms with Gasteiger partial charge in [-0.1, -0.05) is 0 Å². The molecular formula is C18H33IN6O3. The third-order valence-electron chi connectivity index (χ3n) is 4.83. The number of hydrogen-bond acceptors (Lipinski definition) is 6. The number of halogens is 1. The van der Waals surface area contributed by atoms with Gasteiger partial charge in [-0.05, 0) is 25.7 Å². The van der Waals surface area contributed by atoms with Crippen molar-refractivity contribution in [1.82, 2.24) is 25.4 Å². The van der Waals surface area contributed by atoms with Crippen LogP contribution < -0.4 is 10.6 Å². The summed E-state index contributed by atoms with van der Waals surface area (Å²) in [6, 6.07) is 0.288. The third kappa shape index (κ3) is 7.12. The van der Waals surface area contributed by atoms with Crippen molar-refractivity contribution in [3.8, 4) is 0 Å². The monoisotopic (exact) mass is 508 g/mol. The molecule has 0 saturated carbocycles. The number of nitrogens with zero attached hydrogens (tertiary/aromatic N) is 4. The van der Waals surface area contributed by atoms with Gasteiger partial charge in [-0.25, -0.2) is 9.67 Å². The van der Waals surface area contributed by atoms with E-state index < -0.39 is 0 Å². The standard InChI is InChI=1S/C18H32N6O3.HI/c1-19-18(20-8-4-9-26-12-15-5-3-10-27-15)21-14-6-7-17-22-16(13-25-2)23-24(17)11-14;/h14-15H,3-13H2,1-2H3,(H2,19,20,21);1H. The van der Waals surface area contributed by atoms with Gasteiger partial charge in [-0.15, -0.1) is 24.0 Å². The van der Waals surface area contributed by atoms with Crippen LogP contribution in [0.5, 0.6) is 0 Å². The summed E-state index contributed by atoms with van der Waals surface area (Å²) in [6.45, 7) is 4.39. The van der Waals surface area contributed by atoms with E-state index in [4.69, 9.17) is 14.2 Å². The summed E-state index contributed by atoms with van der Waals surface area (Å²) in [7, 11) is 3.46. The van der Waals surface area contributed by atoms with E-state index in [-0.39, 0.29) is 30.0 Å². The van der Waals surface area contributed by atoms with E-state index in [0.717, 1.165) is 76.0 Å². The van der Waals surface area contributed by atoms with Gasteiger partial charge in [-0.3, -0.25) is 4.99 Å². The maximum absolute atomic E-state index is 5.69. The molecule has 3 rings (SSSR count). The van der Waals surface area contributed by atoms with Crippen LogP contribution in [0.25, 0.3) is 0 Å². The molecule has 0 bridgehead atoms. The topological polar surface area (TPSA) is 94.8 Å². The normalized spacial score (nSPS) is 21.9. The first-order valence-corrected chi connectivity index (χ1v) is 9.86. The Bertz CT molecular complexity index is 606. The average Bonchev–Trinajstić information content (AvgIpc) is 3.32. The number of aryl methyl sites for hydroxylation is 1. The molecule has 0 spiro atoms. The van der Waals surface area contributed by atoms with Crippen molar-refractivity contribution in [2.24, 2.45) is 4.99 Å². The molecule has 0 aromatic carbocycles. The fourth-order valence-corrected chi connectivity index (χ4v) is 3.43. The molecule has 0 aliphatic carbocycles. The van der Waals surface area contributed by atoms with Crippen LogP contribution in [0, 0.1) is 0 Å². The predicted octanol–water partition coefficient (Wildman–Crippen LogP) is 1.11. The summed E-state index contributed by atoms with van der Waals surface area (Å²) in [5.74, 6) is 2.60. The molecule has 1 aromatic rings. The highest BCUT2D eigenvalue weighted by Gasteiger charge is 2.22. The summed E-state index contributed by atoms with van der Waals surface area (Å²) in [6.07, 6.45) is 5.42. The maximum atomic E-state index is 5.69. The smallest absolute Gasteiger partial charge is 0.191 e. The Morgan fingerprint density at radius 2 is 2.29 bits per heavy atom. The van der Waals surface area contributed by atoms with Crippen LogP contribution in [-0.2, 0) is 33.8 Å². The Labute approximate surface area is 184 Å². The van der Waals surface area contributed by atoms with Crippen molar-refractivity contribution in [3.05, 3.63) is 11.6 Å². The molecule has 0 amide bonds. The van der Waals surface area contributed by atoms with Crippen LogP contribution in [0.2, 0.25) is 0 Å². The zero-order valence-corrected chi connectivity index (χ0v) is 19.2. The summed E-state index contributed by atoms with van der Waals surface area (Å²) >= 11 is 0. The molecule has 2 aliphatic heterocycles. The Kier molecular flexibility index (Phi) is 10.4. The van der Waals surface area contributed by atoms with E-state index >= 15 is 0 Å². The second-order valence-corrected chi connectivity index (χ2v) is 7.00. The quantitative estimate of drug-likeness (QED) is 0.223. The number of nitrogens with one attached hydrogen (secondary N) is 2. The van der Waals surface area contributed by atoms with Crippen molar-refractivity contribution >= 4 is 29.9 Å². The number of aliphatic imine (C=N–C) groups is 1. The zero-order chi connectivity index (χ0) is 18.9. The Balaban J connectivity index is 0.00000280. The van der Waals surface area contributed by atoms with Gasteiger partial charge >= 0.3 is 0 Å². The number of hydrogen-bond donors (Lipinski definition) is 2. The van der Waals surface area contributed by atoms with Gasteiger partial charge in [0.1, 0.15) is 12.4 Å². The highest BCUT2D eigenvalue weighted by atomic mass is 127. The van der Waals surface area contributed by atoms with Crippen LogP contribution in [-0.4, -0.2) is 73.4 Å². The molecule has 2 unspecified atom stereocenters. The molecule has 10 heteroatoms. The Morgan fingerprint density at radius 1 is 1.39 bits per heavy atom. The molecule has 2 atom stereocenters. The number of rotatable bonds is 9. The van der Waals surface area contributed by atoms with Crippen LogP contribution in [0.15, 0.2) is 4.99 Å². The Hall–Kier alpha value is -0.980. The molecule has 1 aromatic heterocycles. The highest BCUT2D eigenvalue weighted by Crippen LogP contribution is 2.13. The van der Waals surface area contributed by atoms with Gasteiger partial charge in [0.25, 0.3) is 0 Å². The number of methoxy groups -OCH3 is 1. The minimum absolute atomic E-state index is 0. The lowest BCUT2D eigenvalue weighted by Crippen LogP contribution is -2.47. The largest absolute Gasteiger partial charge is 0.379 e.